The molecule has 0 saturated carbocycles. The third kappa shape index (κ3) is 2.69. The molecule has 2 aliphatic rings. The smallest absolute Gasteiger partial charge is 0.324 e. The van der Waals surface area contributed by atoms with Gasteiger partial charge in [-0.15, -0.1) is 0 Å². The normalized spacial score (nSPS) is 25.7. The second-order valence-electron chi connectivity index (χ2n) is 6.23. The SMILES string of the molecule is CC(C)CN1CCC(C(=O)O)(N2CCCC2)CC1. The van der Waals surface area contributed by atoms with Gasteiger partial charge in [-0.2, -0.15) is 0 Å². The van der Waals surface area contributed by atoms with Gasteiger partial charge in [-0.25, -0.2) is 0 Å². The van der Waals surface area contributed by atoms with E-state index >= 15 is 0 Å². The van der Waals surface area contributed by atoms with Crippen molar-refractivity contribution in [2.24, 2.45) is 5.92 Å². The summed E-state index contributed by atoms with van der Waals surface area (Å²) in [6.07, 6.45) is 3.89. The van der Waals surface area contributed by atoms with Crippen molar-refractivity contribution in [1.29, 1.82) is 0 Å². The molecule has 2 heterocycles. The molecular weight excluding hydrogens is 228 g/mol. The summed E-state index contributed by atoms with van der Waals surface area (Å²) >= 11 is 0. The van der Waals surface area contributed by atoms with Gasteiger partial charge in [0.05, 0.1) is 0 Å². The molecule has 0 radical (unpaired) electrons. The fourth-order valence-corrected chi connectivity index (χ4v) is 3.43. The van der Waals surface area contributed by atoms with Gasteiger partial charge in [0.1, 0.15) is 5.54 Å². The van der Waals surface area contributed by atoms with Gasteiger partial charge in [0.2, 0.25) is 0 Å². The summed E-state index contributed by atoms with van der Waals surface area (Å²) in [5.74, 6) is 0.0581. The molecule has 2 fully saturated rings. The summed E-state index contributed by atoms with van der Waals surface area (Å²) in [6, 6.07) is 0. The van der Waals surface area contributed by atoms with Gasteiger partial charge >= 0.3 is 5.97 Å². The first-order valence-electron chi connectivity index (χ1n) is 7.25. The summed E-state index contributed by atoms with van der Waals surface area (Å²) in [5, 5.41) is 9.66. The van der Waals surface area contributed by atoms with Crippen molar-refractivity contribution in [3.63, 3.8) is 0 Å². The highest BCUT2D eigenvalue weighted by Gasteiger charge is 2.46. The van der Waals surface area contributed by atoms with Crippen molar-refractivity contribution in [3.8, 4) is 0 Å². The number of hydrogen-bond donors (Lipinski definition) is 1. The average molecular weight is 254 g/mol. The second-order valence-corrected chi connectivity index (χ2v) is 6.23. The zero-order valence-corrected chi connectivity index (χ0v) is 11.7. The first-order chi connectivity index (χ1) is 8.54. The molecule has 0 aromatic carbocycles. The van der Waals surface area contributed by atoms with E-state index in [0.717, 1.165) is 58.4 Å². The van der Waals surface area contributed by atoms with E-state index in [4.69, 9.17) is 0 Å². The maximum Gasteiger partial charge on any atom is 0.324 e. The molecule has 0 bridgehead atoms. The molecule has 0 aromatic heterocycles. The van der Waals surface area contributed by atoms with E-state index in [0.29, 0.717) is 5.92 Å². The summed E-state index contributed by atoms with van der Waals surface area (Å²) in [5.41, 5.74) is -0.565. The first kappa shape index (κ1) is 13.8. The van der Waals surface area contributed by atoms with Crippen molar-refractivity contribution < 1.29 is 9.90 Å². The number of nitrogens with zero attached hydrogens (tertiary/aromatic N) is 2. The highest BCUT2D eigenvalue weighted by molar-refractivity contribution is 5.79. The van der Waals surface area contributed by atoms with E-state index in [1.54, 1.807) is 0 Å². The molecule has 4 nitrogen and oxygen atoms in total. The van der Waals surface area contributed by atoms with Crippen LogP contribution in [0.25, 0.3) is 0 Å². The molecule has 2 aliphatic heterocycles. The molecule has 1 N–H and O–H groups in total. The van der Waals surface area contributed by atoms with Gasteiger partial charge in [0, 0.05) is 19.6 Å². The molecule has 0 amide bonds. The van der Waals surface area contributed by atoms with Crippen LogP contribution < -0.4 is 0 Å². The van der Waals surface area contributed by atoms with E-state index < -0.39 is 11.5 Å². The van der Waals surface area contributed by atoms with Gasteiger partial charge in [0.25, 0.3) is 0 Å². The number of carboxylic acids is 1. The molecule has 18 heavy (non-hydrogen) atoms. The molecule has 0 spiro atoms. The van der Waals surface area contributed by atoms with E-state index in [2.05, 4.69) is 23.6 Å². The van der Waals surface area contributed by atoms with Crippen molar-refractivity contribution in [1.82, 2.24) is 9.80 Å². The number of aliphatic carboxylic acids is 1. The Hall–Kier alpha value is -0.610. The Balaban J connectivity index is 1.99. The fraction of sp³-hybridized carbons (Fsp3) is 0.929. The predicted octanol–water partition coefficient (Wildman–Crippen LogP) is 1.66. The minimum absolute atomic E-state index is 0.565. The van der Waals surface area contributed by atoms with Crippen molar-refractivity contribution in [2.75, 3.05) is 32.7 Å². The molecule has 0 aromatic rings. The lowest BCUT2D eigenvalue weighted by atomic mass is 9.85. The largest absolute Gasteiger partial charge is 0.480 e. The maximum absolute atomic E-state index is 11.7. The van der Waals surface area contributed by atoms with Crippen molar-refractivity contribution in [3.05, 3.63) is 0 Å². The highest BCUT2D eigenvalue weighted by atomic mass is 16.4. The Morgan fingerprint density at radius 1 is 1.17 bits per heavy atom. The maximum atomic E-state index is 11.7. The number of hydrogen-bond acceptors (Lipinski definition) is 3. The van der Waals surface area contributed by atoms with Crippen LogP contribution in [0.3, 0.4) is 0 Å². The molecular formula is C14H26N2O2. The summed E-state index contributed by atoms with van der Waals surface area (Å²) < 4.78 is 0. The van der Waals surface area contributed by atoms with Crippen LogP contribution in [0.2, 0.25) is 0 Å². The zero-order chi connectivity index (χ0) is 13.2. The Bertz CT molecular complexity index is 290. The molecule has 0 atom stereocenters. The van der Waals surface area contributed by atoms with Crippen LogP contribution in [0.15, 0.2) is 0 Å². The van der Waals surface area contributed by atoms with Crippen LogP contribution in [0.5, 0.6) is 0 Å². The van der Waals surface area contributed by atoms with Crippen LogP contribution in [0.1, 0.15) is 39.5 Å². The summed E-state index contributed by atoms with van der Waals surface area (Å²) in [6.45, 7) is 9.34. The van der Waals surface area contributed by atoms with Gasteiger partial charge in [-0.3, -0.25) is 9.69 Å². The first-order valence-corrected chi connectivity index (χ1v) is 7.25. The summed E-state index contributed by atoms with van der Waals surface area (Å²) in [4.78, 5) is 16.4. The molecule has 2 rings (SSSR count). The van der Waals surface area contributed by atoms with Gasteiger partial charge < -0.3 is 10.0 Å². The number of carbonyl (C=O) groups is 1. The zero-order valence-electron chi connectivity index (χ0n) is 11.7. The second kappa shape index (κ2) is 5.57. The minimum atomic E-state index is -0.603. The van der Waals surface area contributed by atoms with Crippen LogP contribution >= 0.6 is 0 Å². The number of rotatable bonds is 4. The van der Waals surface area contributed by atoms with Gasteiger partial charge in [-0.05, 0) is 44.7 Å². The van der Waals surface area contributed by atoms with Crippen LogP contribution in [-0.4, -0.2) is 59.1 Å². The van der Waals surface area contributed by atoms with Crippen LogP contribution in [0.4, 0.5) is 0 Å². The molecule has 0 aliphatic carbocycles. The monoisotopic (exact) mass is 254 g/mol. The molecule has 2 saturated heterocycles. The quantitative estimate of drug-likeness (QED) is 0.828. The van der Waals surface area contributed by atoms with Crippen LogP contribution in [0, 0.1) is 5.92 Å². The van der Waals surface area contributed by atoms with E-state index in [1.165, 1.54) is 0 Å². The van der Waals surface area contributed by atoms with Gasteiger partial charge in [-0.1, -0.05) is 13.8 Å². The summed E-state index contributed by atoms with van der Waals surface area (Å²) in [7, 11) is 0. The van der Waals surface area contributed by atoms with E-state index in [1.807, 2.05) is 0 Å². The van der Waals surface area contributed by atoms with Crippen molar-refractivity contribution in [2.45, 2.75) is 45.1 Å². The Labute approximate surface area is 110 Å². The Morgan fingerprint density at radius 2 is 1.72 bits per heavy atom. The van der Waals surface area contributed by atoms with Gasteiger partial charge in [0.15, 0.2) is 0 Å². The fourth-order valence-electron chi connectivity index (χ4n) is 3.43. The van der Waals surface area contributed by atoms with Crippen LogP contribution in [-0.2, 0) is 4.79 Å². The number of carboxylic acid groups (broad SMARTS) is 1. The topological polar surface area (TPSA) is 43.8 Å². The third-order valence-corrected chi connectivity index (χ3v) is 4.42. The predicted molar refractivity (Wildman–Crippen MR) is 71.7 cm³/mol. The molecule has 4 heteroatoms. The Morgan fingerprint density at radius 3 is 2.17 bits per heavy atom. The lowest BCUT2D eigenvalue weighted by molar-refractivity contribution is -0.154. The average Bonchev–Trinajstić information content (AvgIpc) is 2.83. The van der Waals surface area contributed by atoms with Crippen molar-refractivity contribution >= 4 is 5.97 Å². The molecule has 104 valence electrons. The lowest BCUT2D eigenvalue weighted by Crippen LogP contribution is -2.59. The third-order valence-electron chi connectivity index (χ3n) is 4.42. The Kier molecular flexibility index (Phi) is 4.28. The standard InChI is InChI=1S/C14H26N2O2/c1-12(2)11-15-9-5-14(6-10-15,13(17)18)16-7-3-4-8-16/h12H,3-11H2,1-2H3,(H,17,18). The highest BCUT2D eigenvalue weighted by Crippen LogP contribution is 2.32. The molecule has 0 unspecified atom stereocenters. The van der Waals surface area contributed by atoms with E-state index in [-0.39, 0.29) is 0 Å². The number of likely N-dealkylation sites (tertiary alicyclic amines) is 2. The minimum Gasteiger partial charge on any atom is -0.480 e. The lowest BCUT2D eigenvalue weighted by Gasteiger charge is -2.44. The number of piperidine rings is 1. The van der Waals surface area contributed by atoms with E-state index in [9.17, 15) is 9.90 Å².